The van der Waals surface area contributed by atoms with E-state index in [-0.39, 0.29) is 11.1 Å². The number of benzene rings is 2. The molecular formula is C26H22N2O16S2. The first-order valence-corrected chi connectivity index (χ1v) is 15.9. The number of carbonyl (C=O) groups is 6. The van der Waals surface area contributed by atoms with Gasteiger partial charge in [0.1, 0.15) is 12.1 Å². The molecule has 2 aliphatic heterocycles. The van der Waals surface area contributed by atoms with Gasteiger partial charge in [-0.05, 0) is 49.2 Å². The van der Waals surface area contributed by atoms with Crippen molar-refractivity contribution in [2.45, 2.75) is 58.8 Å². The fraction of sp³-hybridized carbons (Fsp3) is 0.308. The van der Waals surface area contributed by atoms with E-state index in [0.717, 1.165) is 50.2 Å². The highest BCUT2D eigenvalue weighted by molar-refractivity contribution is 7.89. The van der Waals surface area contributed by atoms with E-state index >= 15 is 0 Å². The summed E-state index contributed by atoms with van der Waals surface area (Å²) in [4.78, 5) is 73.3. The maximum Gasteiger partial charge on any atom is 0.349 e. The fourth-order valence-electron chi connectivity index (χ4n) is 6.00. The van der Waals surface area contributed by atoms with Crippen LogP contribution in [0.1, 0.15) is 57.5 Å². The summed E-state index contributed by atoms with van der Waals surface area (Å²) in [5.74, 6) is -13.5. The second kappa shape index (κ2) is 10.3. The second-order valence-corrected chi connectivity index (χ2v) is 14.1. The second-order valence-electron chi connectivity index (χ2n) is 10.7. The molecule has 0 bridgehead atoms. The third-order valence-electron chi connectivity index (χ3n) is 8.04. The van der Waals surface area contributed by atoms with Crippen molar-refractivity contribution in [1.82, 2.24) is 9.44 Å². The van der Waals surface area contributed by atoms with Gasteiger partial charge in [0.05, 0.1) is 32.8 Å². The molecule has 0 spiro atoms. The summed E-state index contributed by atoms with van der Waals surface area (Å²) in [6.07, 6.45) is 0. The van der Waals surface area contributed by atoms with Crippen molar-refractivity contribution in [2.75, 3.05) is 0 Å². The number of hydrogen-bond donors (Lipinski definition) is 6. The van der Waals surface area contributed by atoms with Crippen molar-refractivity contribution in [2.24, 2.45) is 0 Å². The average molecular weight is 683 g/mol. The van der Waals surface area contributed by atoms with E-state index in [1.807, 2.05) is 9.44 Å². The molecule has 1 fully saturated rings. The summed E-state index contributed by atoms with van der Waals surface area (Å²) in [6, 6.07) is 1.84. The first kappa shape index (κ1) is 32.5. The van der Waals surface area contributed by atoms with Crippen molar-refractivity contribution in [3.05, 3.63) is 58.7 Å². The Morgan fingerprint density at radius 1 is 0.674 bits per heavy atom. The molecule has 0 amide bonds. The van der Waals surface area contributed by atoms with E-state index in [0.29, 0.717) is 0 Å². The number of fused-ring (bicyclic) bond motifs is 8. The number of ether oxygens (including phenoxy) is 2. The molecule has 18 nitrogen and oxygen atoms in total. The van der Waals surface area contributed by atoms with Gasteiger partial charge in [0.25, 0.3) is 0 Å². The van der Waals surface area contributed by atoms with Gasteiger partial charge in [0.2, 0.25) is 31.2 Å². The Morgan fingerprint density at radius 2 is 1.00 bits per heavy atom. The maximum atomic E-state index is 13.3. The highest BCUT2D eigenvalue weighted by Gasteiger charge is 2.86. The zero-order valence-electron chi connectivity index (χ0n) is 23.3. The summed E-state index contributed by atoms with van der Waals surface area (Å²) in [5, 5.41) is 39.0. The lowest BCUT2D eigenvalue weighted by molar-refractivity contribution is -0.245. The maximum absolute atomic E-state index is 13.3. The highest BCUT2D eigenvalue weighted by Crippen LogP contribution is 2.70. The summed E-state index contributed by atoms with van der Waals surface area (Å²) < 4.78 is 65.6. The molecular weight excluding hydrogens is 660 g/mol. The van der Waals surface area contributed by atoms with Crippen molar-refractivity contribution in [3.8, 4) is 0 Å². The quantitative estimate of drug-likeness (QED) is 0.165. The van der Waals surface area contributed by atoms with Gasteiger partial charge in [-0.2, -0.15) is 9.44 Å². The van der Waals surface area contributed by atoms with Crippen LogP contribution >= 0.6 is 0 Å². The van der Waals surface area contributed by atoms with Crippen LogP contribution < -0.4 is 9.44 Å². The molecule has 2 aromatic rings. The van der Waals surface area contributed by atoms with Gasteiger partial charge in [-0.15, -0.1) is 0 Å². The number of hydrogen-bond acceptors (Lipinski definition) is 12. The van der Waals surface area contributed by atoms with E-state index in [1.165, 1.54) is 0 Å². The van der Waals surface area contributed by atoms with Crippen LogP contribution in [0.2, 0.25) is 0 Å². The third kappa shape index (κ3) is 4.43. The van der Waals surface area contributed by atoms with E-state index < -0.39 is 112 Å². The molecule has 46 heavy (non-hydrogen) atoms. The first-order chi connectivity index (χ1) is 21.2. The number of sulfonamides is 2. The van der Waals surface area contributed by atoms with Crippen LogP contribution in [-0.4, -0.2) is 96.4 Å². The smallest absolute Gasteiger partial charge is 0.349 e. The Labute approximate surface area is 258 Å². The number of aliphatic carboxylic acids is 4. The molecule has 20 heteroatoms. The Balaban J connectivity index is 1.67. The molecule has 0 radical (unpaired) electrons. The van der Waals surface area contributed by atoms with Crippen molar-refractivity contribution >= 4 is 55.9 Å². The van der Waals surface area contributed by atoms with Gasteiger partial charge in [-0.3, -0.25) is 9.59 Å². The predicted octanol–water partition coefficient (Wildman–Crippen LogP) is -0.942. The molecule has 3 aliphatic rings. The standard InChI is InChI=1S/C26H22N2O16S2/c1-9(19(29)30)27-45(39,40)11-3-5-13-15(7-11)21(33)43-25(23(35)36)17(13)26(24(37)38)18(25)14-6-4-12(8-16(14)22(34)44-26)46(41,42)28-10(2)20(31)32/h3-10,17-18,27-28H,1-2H3,(H,29,30)(H,31,32)(H,35,36)(H,37,38)/t9-,10-,17?,18?,25?,26?/m1/s1. The molecule has 5 rings (SSSR count). The van der Waals surface area contributed by atoms with Gasteiger partial charge < -0.3 is 29.9 Å². The first-order valence-electron chi connectivity index (χ1n) is 12.9. The number of carboxylic acid groups (broad SMARTS) is 4. The van der Waals surface area contributed by atoms with Gasteiger partial charge in [-0.25, -0.2) is 36.0 Å². The van der Waals surface area contributed by atoms with Crippen LogP contribution in [0.25, 0.3) is 0 Å². The molecule has 0 unspecified atom stereocenters. The van der Waals surface area contributed by atoms with Gasteiger partial charge in [-0.1, -0.05) is 12.1 Å². The molecule has 2 heterocycles. The van der Waals surface area contributed by atoms with Crippen molar-refractivity contribution < 1.29 is 75.5 Å². The van der Waals surface area contributed by atoms with Gasteiger partial charge >= 0.3 is 35.8 Å². The van der Waals surface area contributed by atoms with E-state index in [4.69, 9.17) is 19.7 Å². The summed E-state index contributed by atoms with van der Waals surface area (Å²) in [7, 11) is -9.16. The topological polar surface area (TPSA) is 294 Å². The Bertz CT molecular complexity index is 1850. The van der Waals surface area contributed by atoms with E-state index in [1.54, 1.807) is 0 Å². The zero-order valence-corrected chi connectivity index (χ0v) is 24.9. The Kier molecular flexibility index (Phi) is 7.27. The van der Waals surface area contributed by atoms with E-state index in [9.17, 15) is 55.8 Å². The number of rotatable bonds is 10. The van der Waals surface area contributed by atoms with Crippen molar-refractivity contribution in [3.63, 3.8) is 0 Å². The molecule has 1 aliphatic carbocycles. The number of carbonyl (C=O) groups excluding carboxylic acids is 2. The molecule has 2 atom stereocenters. The largest absolute Gasteiger partial charge is 0.480 e. The third-order valence-corrected chi connectivity index (χ3v) is 11.1. The molecule has 1 saturated carbocycles. The van der Waals surface area contributed by atoms with Crippen molar-refractivity contribution in [1.29, 1.82) is 0 Å². The van der Waals surface area contributed by atoms with Crippen LogP contribution in [0, 0.1) is 0 Å². The van der Waals surface area contributed by atoms with Crippen LogP contribution in [0.15, 0.2) is 46.2 Å². The molecule has 0 saturated heterocycles. The lowest BCUT2D eigenvalue weighted by Gasteiger charge is -2.64. The zero-order chi connectivity index (χ0) is 34.3. The molecule has 2 aromatic carbocycles. The number of nitrogens with one attached hydrogen (secondary N) is 2. The monoisotopic (exact) mass is 682 g/mol. The summed E-state index contributed by atoms with van der Waals surface area (Å²) in [6.45, 7) is 2.05. The average Bonchev–Trinajstić information content (AvgIpc) is 2.94. The molecule has 6 N–H and O–H groups in total. The number of carboxylic acids is 4. The minimum atomic E-state index is -4.58. The predicted molar refractivity (Wildman–Crippen MR) is 145 cm³/mol. The Morgan fingerprint density at radius 3 is 1.28 bits per heavy atom. The van der Waals surface area contributed by atoms with Crippen LogP contribution in [0.3, 0.4) is 0 Å². The van der Waals surface area contributed by atoms with Gasteiger partial charge in [0.15, 0.2) is 0 Å². The highest BCUT2D eigenvalue weighted by atomic mass is 32.2. The Hall–Kier alpha value is -4.92. The normalized spacial score (nSPS) is 26.0. The lowest BCUT2D eigenvalue weighted by atomic mass is 9.44. The minimum Gasteiger partial charge on any atom is -0.480 e. The van der Waals surface area contributed by atoms with E-state index in [2.05, 4.69) is 0 Å². The molecule has 244 valence electrons. The SMILES string of the molecule is C[C@@H](NS(=O)(=O)c1ccc2c(c1)C(=O)OC1(C(=O)O)C2C2(C(=O)O)OC(=O)c3cc(S(=O)(=O)N[C@H](C)C(=O)O)ccc3C12)C(=O)O. The molecule has 0 aromatic heterocycles. The van der Waals surface area contributed by atoms with Crippen LogP contribution in [-0.2, 0) is 48.7 Å². The minimum absolute atomic E-state index is 0.371. The summed E-state index contributed by atoms with van der Waals surface area (Å²) >= 11 is 0. The fourth-order valence-corrected chi connectivity index (χ4v) is 8.44. The number of esters is 2. The van der Waals surface area contributed by atoms with Gasteiger partial charge in [0, 0.05) is 0 Å². The van der Waals surface area contributed by atoms with Crippen LogP contribution in [0.5, 0.6) is 0 Å². The summed E-state index contributed by atoms with van der Waals surface area (Å²) in [5.41, 5.74) is -7.47. The van der Waals surface area contributed by atoms with Crippen LogP contribution in [0.4, 0.5) is 0 Å². The lowest BCUT2D eigenvalue weighted by Crippen LogP contribution is -2.81.